The van der Waals surface area contributed by atoms with Crippen LogP contribution < -0.4 is 0 Å². The number of rotatable bonds is 2. The summed E-state index contributed by atoms with van der Waals surface area (Å²) in [6.45, 7) is 11.2. The summed E-state index contributed by atoms with van der Waals surface area (Å²) in [5, 5.41) is 0. The summed E-state index contributed by atoms with van der Waals surface area (Å²) in [6, 6.07) is 0. The van der Waals surface area contributed by atoms with Gasteiger partial charge in [0, 0.05) is 0 Å². The highest BCUT2D eigenvalue weighted by Crippen LogP contribution is 2.43. The molecule has 0 nitrogen and oxygen atoms in total. The molecule has 1 aliphatic rings. The zero-order valence-corrected chi connectivity index (χ0v) is 10.3. The SMILES string of the molecule is CC.CCC(C)C1(C)CCCCC1. The van der Waals surface area contributed by atoms with Crippen molar-refractivity contribution in [2.75, 3.05) is 0 Å². The van der Waals surface area contributed by atoms with E-state index in [4.69, 9.17) is 0 Å². The largest absolute Gasteiger partial charge is 0.0683 e. The van der Waals surface area contributed by atoms with Gasteiger partial charge in [-0.3, -0.25) is 0 Å². The van der Waals surface area contributed by atoms with E-state index in [1.54, 1.807) is 0 Å². The van der Waals surface area contributed by atoms with Crippen LogP contribution in [0.4, 0.5) is 0 Å². The fourth-order valence-electron chi connectivity index (χ4n) is 2.35. The molecule has 1 rings (SSSR count). The van der Waals surface area contributed by atoms with Gasteiger partial charge in [-0.1, -0.05) is 60.3 Å². The molecule has 13 heavy (non-hydrogen) atoms. The van der Waals surface area contributed by atoms with Crippen molar-refractivity contribution < 1.29 is 0 Å². The lowest BCUT2D eigenvalue weighted by molar-refractivity contribution is 0.127. The minimum Gasteiger partial charge on any atom is -0.0683 e. The van der Waals surface area contributed by atoms with Crippen LogP contribution in [0.2, 0.25) is 0 Å². The van der Waals surface area contributed by atoms with Crippen LogP contribution in [0.5, 0.6) is 0 Å². The fraction of sp³-hybridized carbons (Fsp3) is 1.00. The molecule has 0 N–H and O–H groups in total. The molecule has 0 aromatic heterocycles. The molecule has 0 spiro atoms. The van der Waals surface area contributed by atoms with E-state index in [2.05, 4.69) is 20.8 Å². The molecule has 0 radical (unpaired) electrons. The van der Waals surface area contributed by atoms with Crippen molar-refractivity contribution in [3.05, 3.63) is 0 Å². The van der Waals surface area contributed by atoms with Crippen LogP contribution in [-0.2, 0) is 0 Å². The third-order valence-electron chi connectivity index (χ3n) is 3.80. The van der Waals surface area contributed by atoms with Crippen LogP contribution in [-0.4, -0.2) is 0 Å². The Morgan fingerprint density at radius 2 is 1.54 bits per heavy atom. The maximum absolute atomic E-state index is 2.49. The van der Waals surface area contributed by atoms with Gasteiger partial charge in [-0.15, -0.1) is 0 Å². The summed E-state index contributed by atoms with van der Waals surface area (Å²) >= 11 is 0. The monoisotopic (exact) mass is 184 g/mol. The summed E-state index contributed by atoms with van der Waals surface area (Å²) in [4.78, 5) is 0. The van der Waals surface area contributed by atoms with Gasteiger partial charge in [-0.05, 0) is 24.2 Å². The molecule has 0 heteroatoms. The lowest BCUT2D eigenvalue weighted by atomic mass is 9.67. The van der Waals surface area contributed by atoms with Crippen LogP contribution in [0, 0.1) is 11.3 Å². The van der Waals surface area contributed by atoms with Crippen molar-refractivity contribution in [2.24, 2.45) is 11.3 Å². The van der Waals surface area contributed by atoms with E-state index in [-0.39, 0.29) is 0 Å². The normalized spacial score (nSPS) is 22.8. The van der Waals surface area contributed by atoms with Gasteiger partial charge in [0.1, 0.15) is 0 Å². The van der Waals surface area contributed by atoms with Crippen molar-refractivity contribution in [2.45, 2.75) is 73.1 Å². The molecule has 0 saturated heterocycles. The molecule has 0 amide bonds. The van der Waals surface area contributed by atoms with Gasteiger partial charge >= 0.3 is 0 Å². The second-order valence-electron chi connectivity index (χ2n) is 4.52. The van der Waals surface area contributed by atoms with Crippen molar-refractivity contribution >= 4 is 0 Å². The van der Waals surface area contributed by atoms with Crippen LogP contribution in [0.1, 0.15) is 73.1 Å². The molecule has 0 aromatic rings. The molecule has 0 heterocycles. The van der Waals surface area contributed by atoms with Crippen molar-refractivity contribution in [1.29, 1.82) is 0 Å². The zero-order chi connectivity index (χ0) is 10.3. The Balaban J connectivity index is 0.000000671. The molecular formula is C13H28. The molecule has 1 unspecified atom stereocenters. The molecule has 0 aliphatic heterocycles. The molecule has 0 bridgehead atoms. The second-order valence-corrected chi connectivity index (χ2v) is 4.52. The molecule has 1 aliphatic carbocycles. The van der Waals surface area contributed by atoms with E-state index in [1.807, 2.05) is 13.8 Å². The second kappa shape index (κ2) is 6.45. The predicted molar refractivity (Wildman–Crippen MR) is 62.0 cm³/mol. The Hall–Kier alpha value is 0. The van der Waals surface area contributed by atoms with E-state index in [0.29, 0.717) is 5.41 Å². The summed E-state index contributed by atoms with van der Waals surface area (Å²) in [6.07, 6.45) is 8.73. The first kappa shape index (κ1) is 13.0. The van der Waals surface area contributed by atoms with E-state index >= 15 is 0 Å². The third-order valence-corrected chi connectivity index (χ3v) is 3.80. The maximum Gasteiger partial charge on any atom is -0.0300 e. The standard InChI is InChI=1S/C11H22.C2H6/c1-4-10(2)11(3)8-6-5-7-9-11;1-2/h10H,4-9H2,1-3H3;1-2H3. The van der Waals surface area contributed by atoms with Gasteiger partial charge in [0.25, 0.3) is 0 Å². The molecular weight excluding hydrogens is 156 g/mol. The van der Waals surface area contributed by atoms with Gasteiger partial charge in [0.05, 0.1) is 0 Å². The van der Waals surface area contributed by atoms with Crippen molar-refractivity contribution in [1.82, 2.24) is 0 Å². The third kappa shape index (κ3) is 3.70. The first-order chi connectivity index (χ1) is 6.19. The first-order valence-corrected chi connectivity index (χ1v) is 6.19. The van der Waals surface area contributed by atoms with Gasteiger partial charge in [0.2, 0.25) is 0 Å². The van der Waals surface area contributed by atoms with E-state index in [9.17, 15) is 0 Å². The summed E-state index contributed by atoms with van der Waals surface area (Å²) in [7, 11) is 0. The fourth-order valence-corrected chi connectivity index (χ4v) is 2.35. The molecule has 1 atom stereocenters. The van der Waals surface area contributed by atoms with Crippen molar-refractivity contribution in [3.8, 4) is 0 Å². The Bertz CT molecular complexity index is 109. The minimum atomic E-state index is 0.688. The van der Waals surface area contributed by atoms with Gasteiger partial charge in [-0.25, -0.2) is 0 Å². The topological polar surface area (TPSA) is 0 Å². The Kier molecular flexibility index (Phi) is 6.45. The number of hydrogen-bond acceptors (Lipinski definition) is 0. The highest BCUT2D eigenvalue weighted by Gasteiger charge is 2.31. The lowest BCUT2D eigenvalue weighted by Crippen LogP contribution is -2.27. The van der Waals surface area contributed by atoms with Gasteiger partial charge < -0.3 is 0 Å². The minimum absolute atomic E-state index is 0.688. The Morgan fingerprint density at radius 1 is 1.08 bits per heavy atom. The van der Waals surface area contributed by atoms with Gasteiger partial charge in [0.15, 0.2) is 0 Å². The molecule has 1 saturated carbocycles. The van der Waals surface area contributed by atoms with E-state index < -0.39 is 0 Å². The Morgan fingerprint density at radius 3 is 1.92 bits per heavy atom. The van der Waals surface area contributed by atoms with Crippen LogP contribution in [0.25, 0.3) is 0 Å². The predicted octanol–water partition coefficient (Wildman–Crippen LogP) is 5.03. The summed E-state index contributed by atoms with van der Waals surface area (Å²) in [5.41, 5.74) is 0.688. The average molecular weight is 184 g/mol. The maximum atomic E-state index is 2.49. The van der Waals surface area contributed by atoms with Crippen LogP contribution >= 0.6 is 0 Å². The first-order valence-electron chi connectivity index (χ1n) is 6.19. The number of hydrogen-bond donors (Lipinski definition) is 0. The summed E-state index contributed by atoms with van der Waals surface area (Å²) in [5.74, 6) is 0.933. The quantitative estimate of drug-likeness (QED) is 0.564. The lowest BCUT2D eigenvalue weighted by Gasteiger charge is -2.38. The molecule has 0 aromatic carbocycles. The highest BCUT2D eigenvalue weighted by molar-refractivity contribution is 4.82. The molecule has 1 fully saturated rings. The van der Waals surface area contributed by atoms with Crippen LogP contribution in [0.3, 0.4) is 0 Å². The van der Waals surface area contributed by atoms with E-state index in [1.165, 1.54) is 38.5 Å². The van der Waals surface area contributed by atoms with Crippen LogP contribution in [0.15, 0.2) is 0 Å². The summed E-state index contributed by atoms with van der Waals surface area (Å²) < 4.78 is 0. The van der Waals surface area contributed by atoms with Gasteiger partial charge in [-0.2, -0.15) is 0 Å². The zero-order valence-electron chi connectivity index (χ0n) is 10.3. The van der Waals surface area contributed by atoms with Crippen molar-refractivity contribution in [3.63, 3.8) is 0 Å². The van der Waals surface area contributed by atoms with E-state index in [0.717, 1.165) is 5.92 Å². The molecule has 80 valence electrons. The average Bonchev–Trinajstić information content (AvgIpc) is 2.21. The Labute approximate surface area is 85.1 Å². The highest BCUT2D eigenvalue weighted by atomic mass is 14.4. The smallest absolute Gasteiger partial charge is 0.0300 e.